The van der Waals surface area contributed by atoms with Gasteiger partial charge in [-0.2, -0.15) is 0 Å². The van der Waals surface area contributed by atoms with E-state index in [9.17, 15) is 9.59 Å². The van der Waals surface area contributed by atoms with Crippen molar-refractivity contribution in [3.05, 3.63) is 65.7 Å². The summed E-state index contributed by atoms with van der Waals surface area (Å²) in [6.45, 7) is 0.516. The Kier molecular flexibility index (Phi) is 5.54. The monoisotopic (exact) mass is 340 g/mol. The van der Waals surface area contributed by atoms with E-state index in [0.29, 0.717) is 12.3 Å². The topological polar surface area (TPSA) is 58.2 Å². The van der Waals surface area contributed by atoms with E-state index < -0.39 is 0 Å². The second-order valence-corrected chi connectivity index (χ2v) is 6.94. The highest BCUT2D eigenvalue weighted by Crippen LogP contribution is 2.26. The highest BCUT2D eigenvalue weighted by atomic mass is 32.2. The van der Waals surface area contributed by atoms with Gasteiger partial charge in [-0.3, -0.25) is 9.59 Å². The van der Waals surface area contributed by atoms with Crippen LogP contribution in [0.3, 0.4) is 0 Å². The smallest absolute Gasteiger partial charge is 0.237 e. The van der Waals surface area contributed by atoms with Gasteiger partial charge in [-0.15, -0.1) is 11.8 Å². The summed E-state index contributed by atoms with van der Waals surface area (Å²) in [7, 11) is 0. The van der Waals surface area contributed by atoms with Gasteiger partial charge >= 0.3 is 0 Å². The van der Waals surface area contributed by atoms with Crippen LogP contribution in [0.2, 0.25) is 0 Å². The third-order valence-electron chi connectivity index (χ3n) is 3.99. The van der Waals surface area contributed by atoms with Gasteiger partial charge in [0.05, 0.1) is 11.0 Å². The zero-order valence-electron chi connectivity index (χ0n) is 13.3. The second kappa shape index (κ2) is 8.02. The normalized spacial score (nSPS) is 16.7. The molecule has 1 heterocycles. The summed E-state index contributed by atoms with van der Waals surface area (Å²) in [5, 5.41) is 5.66. The first kappa shape index (κ1) is 16.6. The van der Waals surface area contributed by atoms with Crippen molar-refractivity contribution in [3.8, 4) is 0 Å². The number of hydrogen-bond donors (Lipinski definition) is 2. The molecule has 4 nitrogen and oxygen atoms in total. The Balaban J connectivity index is 1.48. The van der Waals surface area contributed by atoms with Crippen molar-refractivity contribution in [1.29, 1.82) is 0 Å². The Morgan fingerprint density at radius 1 is 1.12 bits per heavy atom. The minimum absolute atomic E-state index is 0.0131. The van der Waals surface area contributed by atoms with E-state index in [2.05, 4.69) is 10.6 Å². The molecule has 0 unspecified atom stereocenters. The minimum Gasteiger partial charge on any atom is -0.351 e. The van der Waals surface area contributed by atoms with Crippen molar-refractivity contribution >= 4 is 29.3 Å². The van der Waals surface area contributed by atoms with Crippen molar-refractivity contribution in [1.82, 2.24) is 5.32 Å². The van der Waals surface area contributed by atoms with E-state index in [-0.39, 0.29) is 17.1 Å². The van der Waals surface area contributed by atoms with Gasteiger partial charge in [0.15, 0.2) is 0 Å². The van der Waals surface area contributed by atoms with Crippen molar-refractivity contribution in [2.75, 3.05) is 11.1 Å². The van der Waals surface area contributed by atoms with Crippen molar-refractivity contribution < 1.29 is 9.59 Å². The molecule has 0 fully saturated rings. The quantitative estimate of drug-likeness (QED) is 0.880. The average molecular weight is 340 g/mol. The van der Waals surface area contributed by atoms with Crippen molar-refractivity contribution in [2.45, 2.75) is 24.6 Å². The van der Waals surface area contributed by atoms with Crippen LogP contribution in [0.15, 0.2) is 54.6 Å². The number of para-hydroxylation sites is 1. The molecule has 24 heavy (non-hydrogen) atoms. The molecule has 5 heteroatoms. The van der Waals surface area contributed by atoms with Gasteiger partial charge in [0.2, 0.25) is 11.8 Å². The number of fused-ring (bicyclic) bond motifs is 1. The number of amides is 2. The molecule has 1 atom stereocenters. The lowest BCUT2D eigenvalue weighted by atomic mass is 10.1. The highest BCUT2D eigenvalue weighted by Gasteiger charge is 2.24. The largest absolute Gasteiger partial charge is 0.351 e. The summed E-state index contributed by atoms with van der Waals surface area (Å²) in [6, 6.07) is 17.7. The first-order valence-corrected chi connectivity index (χ1v) is 9.08. The van der Waals surface area contributed by atoms with Gasteiger partial charge in [0.1, 0.15) is 0 Å². The molecule has 1 aliphatic heterocycles. The molecular formula is C19H20N2O2S. The first-order valence-electron chi connectivity index (χ1n) is 8.03. The Morgan fingerprint density at radius 3 is 2.71 bits per heavy atom. The van der Waals surface area contributed by atoms with Gasteiger partial charge in [-0.1, -0.05) is 48.5 Å². The molecule has 2 N–H and O–H groups in total. The number of hydrogen-bond acceptors (Lipinski definition) is 3. The summed E-state index contributed by atoms with van der Waals surface area (Å²) < 4.78 is 0. The number of anilines is 1. The van der Waals surface area contributed by atoms with Crippen LogP contribution in [-0.4, -0.2) is 22.8 Å². The van der Waals surface area contributed by atoms with Crippen LogP contribution in [0.1, 0.15) is 17.5 Å². The van der Waals surface area contributed by atoms with E-state index in [1.165, 1.54) is 11.8 Å². The average Bonchev–Trinajstić information content (AvgIpc) is 2.77. The molecule has 0 aliphatic carbocycles. The molecule has 0 aromatic heterocycles. The number of carbonyl (C=O) groups excluding carboxylic acids is 2. The molecular weight excluding hydrogens is 320 g/mol. The standard InChI is InChI=1S/C19H20N2O2S/c22-18(20-12-14-6-2-1-3-7-14)13-24-17-11-10-15-8-4-5-9-16(15)21-19(17)23/h1-9,17H,10-13H2,(H,20,22)(H,21,23)/t17-/m0/s1. The summed E-state index contributed by atoms with van der Waals surface area (Å²) in [4.78, 5) is 24.3. The van der Waals surface area contributed by atoms with E-state index in [0.717, 1.165) is 29.7 Å². The maximum atomic E-state index is 12.3. The molecule has 2 amide bonds. The van der Waals surface area contributed by atoms with Crippen LogP contribution in [0.4, 0.5) is 5.69 Å². The van der Waals surface area contributed by atoms with Crippen molar-refractivity contribution in [2.24, 2.45) is 0 Å². The lowest BCUT2D eigenvalue weighted by Gasteiger charge is -2.12. The summed E-state index contributed by atoms with van der Waals surface area (Å²) in [6.07, 6.45) is 1.59. The predicted molar refractivity (Wildman–Crippen MR) is 97.9 cm³/mol. The zero-order valence-corrected chi connectivity index (χ0v) is 14.1. The number of thioether (sulfide) groups is 1. The van der Waals surface area contributed by atoms with E-state index in [1.54, 1.807) is 0 Å². The van der Waals surface area contributed by atoms with Crippen LogP contribution in [-0.2, 0) is 22.6 Å². The second-order valence-electron chi connectivity index (χ2n) is 5.75. The Labute approximate surface area is 146 Å². The Hall–Kier alpha value is -2.27. The van der Waals surface area contributed by atoms with Crippen LogP contribution < -0.4 is 10.6 Å². The van der Waals surface area contributed by atoms with Crippen LogP contribution in [0.5, 0.6) is 0 Å². The van der Waals surface area contributed by atoms with Gasteiger partial charge < -0.3 is 10.6 Å². The molecule has 2 aromatic rings. The molecule has 0 bridgehead atoms. The summed E-state index contributed by atoms with van der Waals surface area (Å²) in [5.41, 5.74) is 3.11. The zero-order chi connectivity index (χ0) is 16.8. The van der Waals surface area contributed by atoms with E-state index >= 15 is 0 Å². The minimum atomic E-state index is -0.195. The van der Waals surface area contributed by atoms with Gasteiger partial charge in [0.25, 0.3) is 0 Å². The fraction of sp³-hybridized carbons (Fsp3) is 0.263. The maximum absolute atomic E-state index is 12.3. The molecule has 0 spiro atoms. The Morgan fingerprint density at radius 2 is 1.88 bits per heavy atom. The molecule has 0 saturated carbocycles. The Bertz CT molecular complexity index is 718. The van der Waals surface area contributed by atoms with Gasteiger partial charge in [-0.05, 0) is 30.0 Å². The third-order valence-corrected chi connectivity index (χ3v) is 5.27. The molecule has 124 valence electrons. The predicted octanol–water partition coefficient (Wildman–Crippen LogP) is 2.99. The molecule has 1 aliphatic rings. The summed E-state index contributed by atoms with van der Waals surface area (Å²) >= 11 is 1.41. The number of benzene rings is 2. The molecule has 2 aromatic carbocycles. The fourth-order valence-corrected chi connectivity index (χ4v) is 3.62. The van der Waals surface area contributed by atoms with Gasteiger partial charge in [0, 0.05) is 12.2 Å². The number of nitrogens with one attached hydrogen (secondary N) is 2. The lowest BCUT2D eigenvalue weighted by molar-refractivity contribution is -0.118. The number of aryl methyl sites for hydroxylation is 1. The van der Waals surface area contributed by atoms with Crippen LogP contribution in [0, 0.1) is 0 Å². The van der Waals surface area contributed by atoms with Crippen LogP contribution in [0.25, 0.3) is 0 Å². The van der Waals surface area contributed by atoms with E-state index in [4.69, 9.17) is 0 Å². The van der Waals surface area contributed by atoms with Crippen LogP contribution >= 0.6 is 11.8 Å². The maximum Gasteiger partial charge on any atom is 0.237 e. The summed E-state index contributed by atoms with van der Waals surface area (Å²) in [5.74, 6) is 0.237. The molecule has 0 radical (unpaired) electrons. The van der Waals surface area contributed by atoms with Gasteiger partial charge in [-0.25, -0.2) is 0 Å². The number of carbonyl (C=O) groups is 2. The van der Waals surface area contributed by atoms with Crippen molar-refractivity contribution in [3.63, 3.8) is 0 Å². The SMILES string of the molecule is O=C(CS[C@H]1CCc2ccccc2NC1=O)NCc1ccccc1. The third kappa shape index (κ3) is 4.38. The molecule has 3 rings (SSSR count). The first-order chi connectivity index (χ1) is 11.7. The van der Waals surface area contributed by atoms with E-state index in [1.807, 2.05) is 54.6 Å². The lowest BCUT2D eigenvalue weighted by Crippen LogP contribution is -2.29. The number of rotatable bonds is 5. The molecule has 0 saturated heterocycles. The highest BCUT2D eigenvalue weighted by molar-refractivity contribution is 8.01. The fourth-order valence-electron chi connectivity index (χ4n) is 2.67.